The van der Waals surface area contributed by atoms with Crippen LogP contribution in [-0.4, -0.2) is 25.0 Å². The van der Waals surface area contributed by atoms with E-state index in [0.29, 0.717) is 0 Å². The van der Waals surface area contributed by atoms with Gasteiger partial charge in [-0.3, -0.25) is 9.97 Å². The molecule has 6 heteroatoms. The Bertz CT molecular complexity index is 1230. The van der Waals surface area contributed by atoms with E-state index in [-0.39, 0.29) is 5.75 Å². The quantitative estimate of drug-likeness (QED) is 0.425. The zero-order chi connectivity index (χ0) is 16.8. The van der Waals surface area contributed by atoms with Gasteiger partial charge in [0.15, 0.2) is 0 Å². The van der Waals surface area contributed by atoms with E-state index in [0.717, 1.165) is 44.2 Å². The first-order valence-electron chi connectivity index (χ1n) is 7.85. The molecule has 0 bridgehead atoms. The molecule has 25 heavy (non-hydrogen) atoms. The van der Waals surface area contributed by atoms with Crippen LogP contribution in [0.1, 0.15) is 0 Å². The number of aromatic hydroxyl groups is 1. The molecule has 5 rings (SSSR count). The van der Waals surface area contributed by atoms with Gasteiger partial charge in [0, 0.05) is 41.2 Å². The molecule has 0 unspecified atom stereocenters. The summed E-state index contributed by atoms with van der Waals surface area (Å²) in [5.74, 6) is 0.230. The molecule has 120 valence electrons. The van der Waals surface area contributed by atoms with Gasteiger partial charge in [0.1, 0.15) is 11.3 Å². The maximum Gasteiger partial charge on any atom is 0.115 e. The van der Waals surface area contributed by atoms with Crippen LogP contribution >= 0.6 is 0 Å². The third kappa shape index (κ3) is 2.15. The van der Waals surface area contributed by atoms with Crippen molar-refractivity contribution in [2.75, 3.05) is 5.32 Å². The Kier molecular flexibility index (Phi) is 2.84. The number of anilines is 2. The highest BCUT2D eigenvalue weighted by Crippen LogP contribution is 2.35. The fraction of sp³-hybridized carbons (Fsp3) is 0. The SMILES string of the molecule is Oc1ccc(Nc2c3cnccc3nc3c2[nH]c2ccncc23)cc1. The maximum absolute atomic E-state index is 9.50. The number of aromatic nitrogens is 4. The number of phenolic OH excluding ortho intramolecular Hbond substituents is 1. The molecule has 5 aromatic rings. The molecule has 4 aromatic heterocycles. The van der Waals surface area contributed by atoms with Crippen LogP contribution in [0.3, 0.4) is 0 Å². The third-order valence-electron chi connectivity index (χ3n) is 4.26. The number of nitrogens with zero attached hydrogens (tertiary/aromatic N) is 3. The molecule has 0 saturated heterocycles. The number of benzene rings is 1. The van der Waals surface area contributed by atoms with Crippen LogP contribution < -0.4 is 5.32 Å². The van der Waals surface area contributed by atoms with Crippen molar-refractivity contribution in [1.82, 2.24) is 19.9 Å². The Labute approximate surface area is 142 Å². The molecule has 3 N–H and O–H groups in total. The smallest absolute Gasteiger partial charge is 0.115 e. The molecule has 1 aromatic carbocycles. The lowest BCUT2D eigenvalue weighted by molar-refractivity contribution is 0.475. The van der Waals surface area contributed by atoms with Gasteiger partial charge in [-0.2, -0.15) is 0 Å². The Morgan fingerprint density at radius 3 is 2.48 bits per heavy atom. The van der Waals surface area contributed by atoms with Crippen molar-refractivity contribution in [1.29, 1.82) is 0 Å². The van der Waals surface area contributed by atoms with Gasteiger partial charge < -0.3 is 15.4 Å². The molecule has 0 spiro atoms. The highest BCUT2D eigenvalue weighted by atomic mass is 16.3. The number of hydrogen-bond acceptors (Lipinski definition) is 5. The van der Waals surface area contributed by atoms with Gasteiger partial charge in [0.2, 0.25) is 0 Å². The Morgan fingerprint density at radius 2 is 1.64 bits per heavy atom. The van der Waals surface area contributed by atoms with Gasteiger partial charge in [-0.25, -0.2) is 4.98 Å². The summed E-state index contributed by atoms with van der Waals surface area (Å²) in [4.78, 5) is 16.7. The minimum Gasteiger partial charge on any atom is -0.508 e. The first kappa shape index (κ1) is 13.7. The molecule has 0 aliphatic rings. The normalized spacial score (nSPS) is 11.4. The first-order chi connectivity index (χ1) is 12.3. The van der Waals surface area contributed by atoms with Crippen LogP contribution in [0.5, 0.6) is 5.75 Å². The number of pyridine rings is 3. The largest absolute Gasteiger partial charge is 0.508 e. The van der Waals surface area contributed by atoms with Crippen molar-refractivity contribution in [3.8, 4) is 5.75 Å². The Hall–Kier alpha value is -3.67. The average molecular weight is 327 g/mol. The summed E-state index contributed by atoms with van der Waals surface area (Å²) >= 11 is 0. The summed E-state index contributed by atoms with van der Waals surface area (Å²) in [6.45, 7) is 0. The summed E-state index contributed by atoms with van der Waals surface area (Å²) in [5, 5.41) is 14.8. The number of hydrogen-bond donors (Lipinski definition) is 3. The molecule has 0 aliphatic carbocycles. The second-order valence-corrected chi connectivity index (χ2v) is 5.82. The van der Waals surface area contributed by atoms with E-state index in [1.165, 1.54) is 0 Å². The molecule has 0 atom stereocenters. The lowest BCUT2D eigenvalue weighted by Gasteiger charge is -2.11. The predicted octanol–water partition coefficient (Wildman–Crippen LogP) is 4.11. The van der Waals surface area contributed by atoms with Crippen LogP contribution in [-0.2, 0) is 0 Å². The minimum absolute atomic E-state index is 0.230. The fourth-order valence-electron chi connectivity index (χ4n) is 3.07. The first-order valence-corrected chi connectivity index (χ1v) is 7.85. The van der Waals surface area contributed by atoms with E-state index in [1.807, 2.05) is 30.5 Å². The number of nitrogens with one attached hydrogen (secondary N) is 2. The number of aromatic amines is 1. The third-order valence-corrected chi connectivity index (χ3v) is 4.26. The molecule has 0 fully saturated rings. The molecule has 0 amide bonds. The van der Waals surface area contributed by atoms with Gasteiger partial charge in [-0.15, -0.1) is 0 Å². The van der Waals surface area contributed by atoms with Crippen LogP contribution in [0.2, 0.25) is 0 Å². The summed E-state index contributed by atoms with van der Waals surface area (Å²) in [7, 11) is 0. The number of rotatable bonds is 2. The van der Waals surface area contributed by atoms with Crippen molar-refractivity contribution in [3.05, 3.63) is 61.2 Å². The van der Waals surface area contributed by atoms with Crippen molar-refractivity contribution in [2.24, 2.45) is 0 Å². The monoisotopic (exact) mass is 327 g/mol. The molecular formula is C19H13N5O. The van der Waals surface area contributed by atoms with Gasteiger partial charge in [0.05, 0.1) is 22.2 Å². The lowest BCUT2D eigenvalue weighted by Crippen LogP contribution is -1.95. The van der Waals surface area contributed by atoms with E-state index < -0.39 is 0 Å². The van der Waals surface area contributed by atoms with Crippen molar-refractivity contribution in [3.63, 3.8) is 0 Å². The Morgan fingerprint density at radius 1 is 0.880 bits per heavy atom. The van der Waals surface area contributed by atoms with Gasteiger partial charge >= 0.3 is 0 Å². The molecule has 0 radical (unpaired) electrons. The lowest BCUT2D eigenvalue weighted by atomic mass is 10.1. The van der Waals surface area contributed by atoms with E-state index >= 15 is 0 Å². The van der Waals surface area contributed by atoms with Gasteiger partial charge in [-0.05, 0) is 36.4 Å². The van der Waals surface area contributed by atoms with Crippen LogP contribution in [0.25, 0.3) is 32.8 Å². The highest BCUT2D eigenvalue weighted by Gasteiger charge is 2.14. The van der Waals surface area contributed by atoms with Crippen LogP contribution in [0.15, 0.2) is 61.2 Å². The van der Waals surface area contributed by atoms with E-state index in [1.54, 1.807) is 30.7 Å². The van der Waals surface area contributed by atoms with Crippen LogP contribution in [0.4, 0.5) is 11.4 Å². The maximum atomic E-state index is 9.50. The van der Waals surface area contributed by atoms with Gasteiger partial charge in [-0.1, -0.05) is 0 Å². The van der Waals surface area contributed by atoms with Crippen LogP contribution in [0, 0.1) is 0 Å². The summed E-state index contributed by atoms with van der Waals surface area (Å²) < 4.78 is 0. The van der Waals surface area contributed by atoms with E-state index in [9.17, 15) is 5.11 Å². The average Bonchev–Trinajstić information content (AvgIpc) is 3.02. The second kappa shape index (κ2) is 5.17. The molecular weight excluding hydrogens is 314 g/mol. The molecule has 4 heterocycles. The number of fused-ring (bicyclic) bond motifs is 4. The van der Waals surface area contributed by atoms with Crippen molar-refractivity contribution >= 4 is 44.2 Å². The second-order valence-electron chi connectivity index (χ2n) is 5.82. The zero-order valence-corrected chi connectivity index (χ0v) is 13.1. The molecule has 0 saturated carbocycles. The topological polar surface area (TPSA) is 86.7 Å². The minimum atomic E-state index is 0.230. The fourth-order valence-corrected chi connectivity index (χ4v) is 3.07. The number of phenols is 1. The standard InChI is InChI=1S/C19H13N5O/c25-12-3-1-11(2-4-12)22-17-13-9-20-7-5-15(13)23-18-14-10-21-8-6-16(14)24-19(17)18/h1-10,24-25H,(H,22,23). The predicted molar refractivity (Wildman–Crippen MR) is 98.1 cm³/mol. The zero-order valence-electron chi connectivity index (χ0n) is 13.1. The Balaban J connectivity index is 1.84. The van der Waals surface area contributed by atoms with Gasteiger partial charge in [0.25, 0.3) is 0 Å². The highest BCUT2D eigenvalue weighted by molar-refractivity contribution is 6.15. The van der Waals surface area contributed by atoms with Crippen molar-refractivity contribution < 1.29 is 5.11 Å². The van der Waals surface area contributed by atoms with E-state index in [2.05, 4.69) is 20.3 Å². The van der Waals surface area contributed by atoms with E-state index in [4.69, 9.17) is 4.98 Å². The van der Waals surface area contributed by atoms with Crippen molar-refractivity contribution in [2.45, 2.75) is 0 Å². The molecule has 6 nitrogen and oxygen atoms in total. The summed E-state index contributed by atoms with van der Waals surface area (Å²) in [6.07, 6.45) is 7.11. The molecule has 0 aliphatic heterocycles. The number of H-pyrrole nitrogens is 1. The summed E-state index contributed by atoms with van der Waals surface area (Å²) in [5.41, 5.74) is 5.37. The summed E-state index contributed by atoms with van der Waals surface area (Å²) in [6, 6.07) is 10.8.